The van der Waals surface area contributed by atoms with Crippen molar-refractivity contribution in [3.05, 3.63) is 174 Å². The first-order chi connectivity index (χ1) is 33.2. The molecule has 5 aromatic rings. The van der Waals surface area contributed by atoms with E-state index in [1.54, 1.807) is 18.5 Å². The minimum Gasteiger partial charge on any atom is -0.343 e. The molecule has 0 radical (unpaired) electrons. The zero-order chi connectivity index (χ0) is 47.5. The van der Waals surface area contributed by atoms with Crippen molar-refractivity contribution in [3.63, 3.8) is 0 Å². The van der Waals surface area contributed by atoms with Gasteiger partial charge in [-0.25, -0.2) is 0 Å². The van der Waals surface area contributed by atoms with Crippen LogP contribution in [0.15, 0.2) is 146 Å². The number of pyridine rings is 1. The zero-order valence-electron chi connectivity index (χ0n) is 38.6. The van der Waals surface area contributed by atoms with E-state index in [2.05, 4.69) is 26.3 Å². The summed E-state index contributed by atoms with van der Waals surface area (Å²) in [7, 11) is 0. The Balaban J connectivity index is 1.23. The molecule has 0 bridgehead atoms. The number of hydrogen-bond acceptors (Lipinski definition) is 7. The van der Waals surface area contributed by atoms with Gasteiger partial charge in [0.15, 0.2) is 0 Å². The molecule has 0 aliphatic carbocycles. The molecule has 354 valence electrons. The summed E-state index contributed by atoms with van der Waals surface area (Å²) in [6, 6.07) is 37.1. The van der Waals surface area contributed by atoms with Crippen molar-refractivity contribution in [1.82, 2.24) is 36.1 Å². The lowest BCUT2D eigenvalue weighted by Gasteiger charge is -2.33. The van der Waals surface area contributed by atoms with Crippen molar-refractivity contribution in [3.8, 4) is 0 Å². The molecule has 2 fully saturated rings. The highest BCUT2D eigenvalue weighted by molar-refractivity contribution is 5.98. The number of aryl methyl sites for hydroxylation is 3. The lowest BCUT2D eigenvalue weighted by molar-refractivity contribution is -0.147. The second-order valence-electron chi connectivity index (χ2n) is 17.9. The number of carbonyl (C=O) groups is 6. The van der Waals surface area contributed by atoms with Gasteiger partial charge in [-0.3, -0.25) is 33.8 Å². The Hall–Kier alpha value is -7.15. The molecule has 4 aromatic carbocycles. The van der Waals surface area contributed by atoms with Crippen LogP contribution in [-0.2, 0) is 60.9 Å². The molecule has 2 aliphatic heterocycles. The number of carbonyl (C=O) groups excluding carboxylic acids is 6. The van der Waals surface area contributed by atoms with Gasteiger partial charge in [0.25, 0.3) is 0 Å². The zero-order valence-corrected chi connectivity index (χ0v) is 38.6. The maximum absolute atomic E-state index is 14.9. The first kappa shape index (κ1) is 48.8. The van der Waals surface area contributed by atoms with Crippen LogP contribution in [0.4, 0.5) is 0 Å². The van der Waals surface area contributed by atoms with Gasteiger partial charge in [-0.15, -0.1) is 0 Å². The number of benzene rings is 4. The molecule has 0 spiro atoms. The minimum atomic E-state index is -1.14. The van der Waals surface area contributed by atoms with E-state index in [1.165, 1.54) is 9.80 Å². The fourth-order valence-corrected chi connectivity index (χ4v) is 9.18. The fraction of sp³-hybridized carbons (Fsp3) is 0.364. The lowest BCUT2D eigenvalue weighted by atomic mass is 10.00. The van der Waals surface area contributed by atoms with Crippen LogP contribution in [-0.4, -0.2) is 100 Å². The summed E-state index contributed by atoms with van der Waals surface area (Å²) in [6.07, 6.45) is 8.39. The predicted octanol–water partition coefficient (Wildman–Crippen LogP) is 5.32. The molecule has 13 nitrogen and oxygen atoms in total. The van der Waals surface area contributed by atoms with E-state index in [0.29, 0.717) is 56.9 Å². The number of nitrogens with one attached hydrogen (secondary N) is 4. The van der Waals surface area contributed by atoms with E-state index in [1.807, 2.05) is 127 Å². The second-order valence-corrected chi connectivity index (χ2v) is 17.9. The highest BCUT2D eigenvalue weighted by atomic mass is 16.2. The van der Waals surface area contributed by atoms with Crippen LogP contribution >= 0.6 is 0 Å². The van der Waals surface area contributed by atoms with Crippen LogP contribution in [0.2, 0.25) is 0 Å². The molecular weight excluding hydrogens is 855 g/mol. The van der Waals surface area contributed by atoms with E-state index >= 15 is 0 Å². The van der Waals surface area contributed by atoms with E-state index < -0.39 is 59.7 Å². The molecule has 4 N–H and O–H groups in total. The Kier molecular flexibility index (Phi) is 18.0. The molecule has 0 unspecified atom stereocenters. The van der Waals surface area contributed by atoms with Crippen LogP contribution in [0.5, 0.6) is 0 Å². The molecule has 1 aromatic heterocycles. The quantitative estimate of drug-likeness (QED) is 0.104. The largest absolute Gasteiger partial charge is 0.343 e. The molecule has 7 rings (SSSR count). The Morgan fingerprint density at radius 2 is 0.956 bits per heavy atom. The van der Waals surface area contributed by atoms with Crippen LogP contribution in [0.1, 0.15) is 72.8 Å². The van der Waals surface area contributed by atoms with Gasteiger partial charge >= 0.3 is 0 Å². The second kappa shape index (κ2) is 25.1. The molecule has 13 heteroatoms. The van der Waals surface area contributed by atoms with Crippen LogP contribution in [0.25, 0.3) is 0 Å². The van der Waals surface area contributed by atoms with Crippen molar-refractivity contribution < 1.29 is 28.8 Å². The number of amides is 6. The molecule has 3 heterocycles. The van der Waals surface area contributed by atoms with Crippen molar-refractivity contribution in [1.29, 1.82) is 0 Å². The first-order valence-corrected chi connectivity index (χ1v) is 24.0. The highest BCUT2D eigenvalue weighted by Gasteiger charge is 2.41. The third-order valence-electron chi connectivity index (χ3n) is 12.8. The summed E-state index contributed by atoms with van der Waals surface area (Å²) in [5.41, 5.74) is 4.70. The van der Waals surface area contributed by atoms with Gasteiger partial charge in [0.05, 0.1) is 6.54 Å². The first-order valence-electron chi connectivity index (χ1n) is 24.0. The molecule has 68 heavy (non-hydrogen) atoms. The third kappa shape index (κ3) is 14.4. The fourth-order valence-electron chi connectivity index (χ4n) is 9.18. The topological polar surface area (TPSA) is 170 Å². The maximum Gasteiger partial charge on any atom is 0.246 e. The summed E-state index contributed by atoms with van der Waals surface area (Å²) >= 11 is 0. The van der Waals surface area contributed by atoms with Gasteiger partial charge in [-0.2, -0.15) is 0 Å². The number of nitrogens with zero attached hydrogens (tertiary/aromatic N) is 3. The summed E-state index contributed by atoms with van der Waals surface area (Å²) in [5, 5.41) is 11.9. The Labute approximate surface area is 399 Å². The maximum atomic E-state index is 14.9. The van der Waals surface area contributed by atoms with E-state index in [4.69, 9.17) is 0 Å². The van der Waals surface area contributed by atoms with Crippen LogP contribution in [0.3, 0.4) is 0 Å². The molecule has 2 saturated heterocycles. The average Bonchev–Trinajstić information content (AvgIpc) is 3.86. The number of hydrogen-bond donors (Lipinski definition) is 4. The SMILES string of the molecule is O=C1CN(CCCc2ccccc2)C(=O)[C@H]2CCCN2C(=O)[C@H](Cc2cccnc2)NC(=O)[C@H](CCCc2ccccc2)NC(=O)[C@@H](Cc2ccccc2)NC(=O)[C@H](CCCc2ccccc2)N1. The van der Waals surface area contributed by atoms with Crippen molar-refractivity contribution in [2.24, 2.45) is 0 Å². The van der Waals surface area contributed by atoms with Crippen molar-refractivity contribution in [2.75, 3.05) is 19.6 Å². The Morgan fingerprint density at radius 1 is 0.485 bits per heavy atom. The summed E-state index contributed by atoms with van der Waals surface area (Å²) < 4.78 is 0. The summed E-state index contributed by atoms with van der Waals surface area (Å²) in [6.45, 7) is 0.161. The Morgan fingerprint density at radius 3 is 1.51 bits per heavy atom. The predicted molar refractivity (Wildman–Crippen MR) is 261 cm³/mol. The molecule has 5 atom stereocenters. The van der Waals surface area contributed by atoms with Gasteiger partial charge in [0.1, 0.15) is 30.2 Å². The number of aromatic nitrogens is 1. The normalized spacial score (nSPS) is 20.9. The lowest BCUT2D eigenvalue weighted by Crippen LogP contribution is -2.61. The number of rotatable bonds is 16. The summed E-state index contributed by atoms with van der Waals surface area (Å²) in [5.74, 6) is -3.03. The smallest absolute Gasteiger partial charge is 0.246 e. The van der Waals surface area contributed by atoms with Crippen LogP contribution in [0, 0.1) is 0 Å². The average molecular weight is 918 g/mol. The molecular formula is C55H63N7O6. The molecule has 0 saturated carbocycles. The van der Waals surface area contributed by atoms with Crippen molar-refractivity contribution in [2.45, 2.75) is 107 Å². The number of fused-ring (bicyclic) bond motifs is 1. The third-order valence-corrected chi connectivity index (χ3v) is 12.8. The van der Waals surface area contributed by atoms with E-state index in [0.717, 1.165) is 22.3 Å². The molecule has 2 aliphatic rings. The minimum absolute atomic E-state index is 0.0854. The Bertz CT molecular complexity index is 2410. The van der Waals surface area contributed by atoms with Gasteiger partial charge in [0.2, 0.25) is 35.4 Å². The van der Waals surface area contributed by atoms with E-state index in [9.17, 15) is 28.8 Å². The van der Waals surface area contributed by atoms with E-state index in [-0.39, 0.29) is 51.2 Å². The summed E-state index contributed by atoms with van der Waals surface area (Å²) in [4.78, 5) is 95.3. The van der Waals surface area contributed by atoms with Gasteiger partial charge in [0, 0.05) is 38.3 Å². The standard InChI is InChI=1S/C55H63N7O6/c63-50-39-61(34-16-29-42-22-9-3-10-23-42)55(68)49-32-17-35-62(49)54(67)48(37-44-28-15-33-56-38-44)60-52(65)46(31-14-27-41-20-7-2-8-21-41)58-53(66)47(36-43-24-11-4-12-25-43)59-51(64)45(57-50)30-13-26-40-18-5-1-6-19-40/h1-12,15,18-25,28,33,38,45-49H,13-14,16-17,26-27,29-32,34-37,39H2,(H,57,63)(H,58,66)(H,59,64)(H,60,65)/t45-,46-,47+,48-,49+/m0/s1. The van der Waals surface area contributed by atoms with Crippen molar-refractivity contribution >= 4 is 35.4 Å². The highest BCUT2D eigenvalue weighted by Crippen LogP contribution is 2.23. The molecule has 6 amide bonds. The van der Waals surface area contributed by atoms with Gasteiger partial charge < -0.3 is 31.1 Å². The van der Waals surface area contributed by atoms with Gasteiger partial charge in [-0.05, 0) is 98.1 Å². The monoisotopic (exact) mass is 917 g/mol. The van der Waals surface area contributed by atoms with Gasteiger partial charge in [-0.1, -0.05) is 127 Å². The van der Waals surface area contributed by atoms with Crippen LogP contribution < -0.4 is 21.3 Å².